The van der Waals surface area contributed by atoms with Gasteiger partial charge in [-0.25, -0.2) is 4.79 Å². The Kier molecular flexibility index (Phi) is 2.87. The van der Waals surface area contributed by atoms with Crippen molar-refractivity contribution >= 4 is 11.0 Å². The molecule has 92 valence electrons. The Morgan fingerprint density at radius 1 is 1.29 bits per heavy atom. The van der Waals surface area contributed by atoms with Crippen LogP contribution in [-0.2, 0) is 20.6 Å². The van der Waals surface area contributed by atoms with E-state index in [1.807, 2.05) is 0 Å². The van der Waals surface area contributed by atoms with Crippen molar-refractivity contribution in [3.05, 3.63) is 27.0 Å². The third kappa shape index (κ3) is 1.69. The lowest BCUT2D eigenvalue weighted by atomic mass is 10.3. The van der Waals surface area contributed by atoms with Gasteiger partial charge in [-0.05, 0) is 6.42 Å². The molecule has 6 heteroatoms. The van der Waals surface area contributed by atoms with Crippen molar-refractivity contribution in [3.8, 4) is 0 Å². The second kappa shape index (κ2) is 4.20. The van der Waals surface area contributed by atoms with Crippen molar-refractivity contribution in [2.45, 2.75) is 26.3 Å². The summed E-state index contributed by atoms with van der Waals surface area (Å²) in [6.07, 6.45) is 3.41. The maximum absolute atomic E-state index is 12.0. The molecule has 0 aromatic carbocycles. The molecule has 2 aromatic rings. The van der Waals surface area contributed by atoms with Crippen LogP contribution in [0.1, 0.15) is 19.8 Å². The molecule has 0 fully saturated rings. The fourth-order valence-corrected chi connectivity index (χ4v) is 1.96. The van der Waals surface area contributed by atoms with E-state index >= 15 is 0 Å². The minimum Gasteiger partial charge on any atom is -0.278 e. The van der Waals surface area contributed by atoms with Crippen molar-refractivity contribution in [1.29, 1.82) is 0 Å². The van der Waals surface area contributed by atoms with Gasteiger partial charge in [0.2, 0.25) is 0 Å². The summed E-state index contributed by atoms with van der Waals surface area (Å²) >= 11 is 0. The first kappa shape index (κ1) is 11.6. The van der Waals surface area contributed by atoms with Gasteiger partial charge in [-0.2, -0.15) is 5.10 Å². The van der Waals surface area contributed by atoms with E-state index in [1.165, 1.54) is 13.2 Å². The predicted molar refractivity (Wildman–Crippen MR) is 65.1 cm³/mol. The first-order chi connectivity index (χ1) is 8.07. The van der Waals surface area contributed by atoms with Crippen molar-refractivity contribution in [3.63, 3.8) is 0 Å². The fourth-order valence-electron chi connectivity index (χ4n) is 1.96. The summed E-state index contributed by atoms with van der Waals surface area (Å²) in [4.78, 5) is 23.9. The van der Waals surface area contributed by atoms with Gasteiger partial charge < -0.3 is 0 Å². The minimum absolute atomic E-state index is 0.278. The number of aromatic nitrogens is 4. The molecule has 0 spiro atoms. The van der Waals surface area contributed by atoms with Gasteiger partial charge in [0.25, 0.3) is 5.56 Å². The van der Waals surface area contributed by atoms with E-state index in [0.717, 1.165) is 17.4 Å². The summed E-state index contributed by atoms with van der Waals surface area (Å²) in [7, 11) is 3.24. The highest BCUT2D eigenvalue weighted by atomic mass is 16.2. The van der Waals surface area contributed by atoms with Gasteiger partial charge in [-0.15, -0.1) is 0 Å². The van der Waals surface area contributed by atoms with Crippen LogP contribution in [0.15, 0.2) is 15.8 Å². The average Bonchev–Trinajstić information content (AvgIpc) is 2.69. The predicted octanol–water partition coefficient (Wildman–Crippen LogP) is 0.234. The Morgan fingerprint density at radius 3 is 2.65 bits per heavy atom. The molecule has 0 aliphatic heterocycles. The number of rotatable bonds is 3. The van der Waals surface area contributed by atoms with Crippen LogP contribution in [0.25, 0.3) is 11.0 Å². The van der Waals surface area contributed by atoms with E-state index in [0.29, 0.717) is 17.6 Å². The van der Waals surface area contributed by atoms with Gasteiger partial charge in [0, 0.05) is 20.6 Å². The van der Waals surface area contributed by atoms with Crippen LogP contribution in [0.3, 0.4) is 0 Å². The Balaban J connectivity index is 2.84. The lowest BCUT2D eigenvalue weighted by Crippen LogP contribution is -2.38. The van der Waals surface area contributed by atoms with Gasteiger partial charge in [-0.3, -0.25) is 18.6 Å². The van der Waals surface area contributed by atoms with Gasteiger partial charge in [0.1, 0.15) is 11.0 Å². The summed E-state index contributed by atoms with van der Waals surface area (Å²) < 4.78 is 4.33. The Morgan fingerprint density at radius 2 is 2.00 bits per heavy atom. The fraction of sp³-hybridized carbons (Fsp3) is 0.545. The highest BCUT2D eigenvalue weighted by molar-refractivity contribution is 5.73. The molecular formula is C11H16N4O2. The third-order valence-electron chi connectivity index (χ3n) is 2.95. The van der Waals surface area contributed by atoms with Crippen molar-refractivity contribution in [1.82, 2.24) is 18.9 Å². The molecule has 0 N–H and O–H groups in total. The largest absolute Gasteiger partial charge is 0.332 e. The maximum Gasteiger partial charge on any atom is 0.332 e. The van der Waals surface area contributed by atoms with Crippen molar-refractivity contribution in [2.75, 3.05) is 0 Å². The maximum atomic E-state index is 12.0. The van der Waals surface area contributed by atoms with E-state index in [1.54, 1.807) is 16.3 Å². The van der Waals surface area contributed by atoms with E-state index in [-0.39, 0.29) is 11.2 Å². The van der Waals surface area contributed by atoms with Crippen LogP contribution in [0, 0.1) is 0 Å². The number of unbranched alkanes of at least 4 members (excludes halogenated alkanes) is 1. The van der Waals surface area contributed by atoms with Gasteiger partial charge in [0.05, 0.1) is 6.20 Å². The van der Waals surface area contributed by atoms with Crippen LogP contribution < -0.4 is 11.2 Å². The smallest absolute Gasteiger partial charge is 0.278 e. The number of hydrogen-bond acceptors (Lipinski definition) is 3. The van der Waals surface area contributed by atoms with Gasteiger partial charge in [-0.1, -0.05) is 13.3 Å². The van der Waals surface area contributed by atoms with Gasteiger partial charge >= 0.3 is 5.69 Å². The summed E-state index contributed by atoms with van der Waals surface area (Å²) in [5.74, 6) is 0. The lowest BCUT2D eigenvalue weighted by Gasteiger charge is -2.09. The number of aryl methyl sites for hydroxylation is 2. The molecule has 2 rings (SSSR count). The standard InChI is InChI=1S/C11H16N4O2/c1-4-5-6-15-9-8(7-12-14(9)3)10(16)13(2)11(15)17/h7H,4-6H2,1-3H3. The second-order valence-corrected chi connectivity index (χ2v) is 4.16. The quantitative estimate of drug-likeness (QED) is 0.766. The molecule has 0 aliphatic rings. The second-order valence-electron chi connectivity index (χ2n) is 4.16. The molecule has 0 radical (unpaired) electrons. The van der Waals surface area contributed by atoms with Crippen LogP contribution in [-0.4, -0.2) is 18.9 Å². The van der Waals surface area contributed by atoms with Crippen LogP contribution in [0.5, 0.6) is 0 Å². The van der Waals surface area contributed by atoms with E-state index < -0.39 is 0 Å². The van der Waals surface area contributed by atoms with E-state index in [4.69, 9.17) is 0 Å². The number of hydrogen-bond donors (Lipinski definition) is 0. The number of fused-ring (bicyclic) bond motifs is 1. The summed E-state index contributed by atoms with van der Waals surface area (Å²) in [5, 5.41) is 4.54. The summed E-state index contributed by atoms with van der Waals surface area (Å²) in [6.45, 7) is 2.67. The zero-order valence-electron chi connectivity index (χ0n) is 10.3. The zero-order chi connectivity index (χ0) is 12.6. The Hall–Kier alpha value is -1.85. The molecule has 0 unspecified atom stereocenters. The van der Waals surface area contributed by atoms with Crippen LogP contribution in [0.4, 0.5) is 0 Å². The molecule has 0 saturated heterocycles. The number of nitrogens with zero attached hydrogens (tertiary/aromatic N) is 4. The topological polar surface area (TPSA) is 61.8 Å². The molecule has 0 aliphatic carbocycles. The summed E-state index contributed by atoms with van der Waals surface area (Å²) in [6, 6.07) is 0. The van der Waals surface area contributed by atoms with Crippen molar-refractivity contribution in [2.24, 2.45) is 14.1 Å². The van der Waals surface area contributed by atoms with Crippen LogP contribution in [0.2, 0.25) is 0 Å². The average molecular weight is 236 g/mol. The van der Waals surface area contributed by atoms with Crippen LogP contribution >= 0.6 is 0 Å². The molecule has 0 amide bonds. The Labute approximate surface area is 98.1 Å². The Bertz CT molecular complexity index is 662. The van der Waals surface area contributed by atoms with Crippen molar-refractivity contribution < 1.29 is 0 Å². The van der Waals surface area contributed by atoms with Gasteiger partial charge in [0.15, 0.2) is 0 Å². The summed E-state index contributed by atoms with van der Waals surface area (Å²) in [5.41, 5.74) is 0.0388. The lowest BCUT2D eigenvalue weighted by molar-refractivity contribution is 0.572. The molecule has 0 atom stereocenters. The van der Waals surface area contributed by atoms with E-state index in [2.05, 4.69) is 12.0 Å². The molecule has 0 saturated carbocycles. The highest BCUT2D eigenvalue weighted by Crippen LogP contribution is 2.06. The monoisotopic (exact) mass is 236 g/mol. The molecule has 2 heterocycles. The highest BCUT2D eigenvalue weighted by Gasteiger charge is 2.13. The van der Waals surface area contributed by atoms with E-state index in [9.17, 15) is 9.59 Å². The normalized spacial score (nSPS) is 11.2. The minimum atomic E-state index is -0.286. The first-order valence-corrected chi connectivity index (χ1v) is 5.69. The first-order valence-electron chi connectivity index (χ1n) is 5.69. The molecular weight excluding hydrogens is 220 g/mol. The molecule has 17 heavy (non-hydrogen) atoms. The SMILES string of the molecule is CCCCn1c(=O)n(C)c(=O)c2cnn(C)c21. The molecule has 6 nitrogen and oxygen atoms in total. The molecule has 0 bridgehead atoms. The molecule has 2 aromatic heterocycles. The zero-order valence-corrected chi connectivity index (χ0v) is 10.3. The third-order valence-corrected chi connectivity index (χ3v) is 2.95.